The molecule has 1 saturated heterocycles. The van der Waals surface area contributed by atoms with E-state index in [1.54, 1.807) is 18.2 Å². The van der Waals surface area contributed by atoms with E-state index in [1.165, 1.54) is 6.07 Å². The molecule has 1 amide bonds. The van der Waals surface area contributed by atoms with Crippen molar-refractivity contribution in [2.24, 2.45) is 5.92 Å². The second-order valence-electron chi connectivity index (χ2n) is 5.97. The standard InChI is InChI=1S/C16H23N3O4/c1-12-6-7-13(11-20)10-18(12)16(21)8-9-17-14-4-2-3-5-15(14)19(22)23/h2-5,12-13,17,20H,6-11H2,1H3. The molecule has 0 aromatic heterocycles. The molecule has 2 atom stereocenters. The minimum atomic E-state index is -0.442. The number of piperidine rings is 1. The number of aliphatic hydroxyl groups excluding tert-OH is 1. The van der Waals surface area contributed by atoms with Crippen molar-refractivity contribution < 1.29 is 14.8 Å². The maximum atomic E-state index is 12.3. The molecule has 2 N–H and O–H groups in total. The number of nitrogens with zero attached hydrogens (tertiary/aromatic N) is 2. The minimum Gasteiger partial charge on any atom is -0.396 e. The summed E-state index contributed by atoms with van der Waals surface area (Å²) in [6.45, 7) is 3.05. The zero-order valence-corrected chi connectivity index (χ0v) is 13.3. The molecule has 0 saturated carbocycles. The van der Waals surface area contributed by atoms with Crippen LogP contribution in [0.5, 0.6) is 0 Å². The van der Waals surface area contributed by atoms with Crippen molar-refractivity contribution in [1.82, 2.24) is 4.90 Å². The number of anilines is 1. The van der Waals surface area contributed by atoms with E-state index in [9.17, 15) is 20.0 Å². The van der Waals surface area contributed by atoms with Gasteiger partial charge in [0.25, 0.3) is 5.69 Å². The Bertz CT molecular complexity index is 564. The van der Waals surface area contributed by atoms with Gasteiger partial charge in [-0.15, -0.1) is 0 Å². The van der Waals surface area contributed by atoms with E-state index in [0.717, 1.165) is 12.8 Å². The molecule has 7 heteroatoms. The van der Waals surface area contributed by atoms with Gasteiger partial charge in [-0.3, -0.25) is 14.9 Å². The average Bonchev–Trinajstić information content (AvgIpc) is 2.55. The van der Waals surface area contributed by atoms with Gasteiger partial charge in [0, 0.05) is 38.2 Å². The molecule has 0 aliphatic carbocycles. The van der Waals surface area contributed by atoms with Crippen LogP contribution in [0, 0.1) is 16.0 Å². The zero-order valence-electron chi connectivity index (χ0n) is 13.3. The van der Waals surface area contributed by atoms with E-state index < -0.39 is 4.92 Å². The van der Waals surface area contributed by atoms with Crippen LogP contribution < -0.4 is 5.32 Å². The number of rotatable bonds is 6. The van der Waals surface area contributed by atoms with E-state index in [2.05, 4.69) is 5.32 Å². The summed E-state index contributed by atoms with van der Waals surface area (Å²) in [6, 6.07) is 6.57. The van der Waals surface area contributed by atoms with Gasteiger partial charge in [-0.05, 0) is 31.7 Å². The van der Waals surface area contributed by atoms with E-state index in [4.69, 9.17) is 0 Å². The van der Waals surface area contributed by atoms with Crippen molar-refractivity contribution >= 4 is 17.3 Å². The summed E-state index contributed by atoms with van der Waals surface area (Å²) < 4.78 is 0. The van der Waals surface area contributed by atoms with Crippen LogP contribution in [-0.4, -0.2) is 46.6 Å². The number of para-hydroxylation sites is 2. The lowest BCUT2D eigenvalue weighted by molar-refractivity contribution is -0.384. The van der Waals surface area contributed by atoms with Gasteiger partial charge in [0.1, 0.15) is 5.69 Å². The predicted molar refractivity (Wildman–Crippen MR) is 87.2 cm³/mol. The number of nitrogens with one attached hydrogen (secondary N) is 1. The fourth-order valence-electron chi connectivity index (χ4n) is 2.91. The highest BCUT2D eigenvalue weighted by molar-refractivity contribution is 5.77. The van der Waals surface area contributed by atoms with Crippen LogP contribution >= 0.6 is 0 Å². The number of likely N-dealkylation sites (tertiary alicyclic amines) is 1. The van der Waals surface area contributed by atoms with Crippen LogP contribution in [0.4, 0.5) is 11.4 Å². The molecule has 1 heterocycles. The Hall–Kier alpha value is -2.15. The normalized spacial score (nSPS) is 21.0. The van der Waals surface area contributed by atoms with Crippen molar-refractivity contribution in [2.45, 2.75) is 32.2 Å². The van der Waals surface area contributed by atoms with Gasteiger partial charge in [0.15, 0.2) is 0 Å². The zero-order chi connectivity index (χ0) is 16.8. The molecule has 7 nitrogen and oxygen atoms in total. The molecular weight excluding hydrogens is 298 g/mol. The summed E-state index contributed by atoms with van der Waals surface area (Å²) in [6.07, 6.45) is 2.11. The lowest BCUT2D eigenvalue weighted by Crippen LogP contribution is -2.46. The highest BCUT2D eigenvalue weighted by Crippen LogP contribution is 2.24. The Morgan fingerprint density at radius 1 is 1.43 bits per heavy atom. The third kappa shape index (κ3) is 4.41. The van der Waals surface area contributed by atoms with Gasteiger partial charge in [-0.1, -0.05) is 12.1 Å². The summed E-state index contributed by atoms with van der Waals surface area (Å²) in [5.41, 5.74) is 0.428. The topological polar surface area (TPSA) is 95.7 Å². The van der Waals surface area contributed by atoms with Gasteiger partial charge in [-0.25, -0.2) is 0 Å². The number of benzene rings is 1. The van der Waals surface area contributed by atoms with Crippen molar-refractivity contribution in [3.05, 3.63) is 34.4 Å². The second-order valence-corrected chi connectivity index (χ2v) is 5.97. The third-order valence-electron chi connectivity index (χ3n) is 4.31. The number of carbonyl (C=O) groups is 1. The molecule has 0 spiro atoms. The first-order valence-corrected chi connectivity index (χ1v) is 7.90. The fraction of sp³-hybridized carbons (Fsp3) is 0.562. The molecule has 23 heavy (non-hydrogen) atoms. The third-order valence-corrected chi connectivity index (χ3v) is 4.31. The summed E-state index contributed by atoms with van der Waals surface area (Å²) >= 11 is 0. The average molecular weight is 321 g/mol. The van der Waals surface area contributed by atoms with E-state index in [-0.39, 0.29) is 36.6 Å². The van der Waals surface area contributed by atoms with Crippen LogP contribution in [0.1, 0.15) is 26.2 Å². The first kappa shape index (κ1) is 17.2. The Balaban J connectivity index is 1.88. The number of hydrogen-bond acceptors (Lipinski definition) is 5. The molecule has 1 aromatic rings. The van der Waals surface area contributed by atoms with Crippen LogP contribution in [-0.2, 0) is 4.79 Å². The van der Waals surface area contributed by atoms with Crippen molar-refractivity contribution in [3.8, 4) is 0 Å². The summed E-state index contributed by atoms with van der Waals surface area (Å²) in [5.74, 6) is 0.167. The fourth-order valence-corrected chi connectivity index (χ4v) is 2.91. The van der Waals surface area contributed by atoms with Crippen LogP contribution in [0.25, 0.3) is 0 Å². The first-order valence-electron chi connectivity index (χ1n) is 7.90. The largest absolute Gasteiger partial charge is 0.396 e. The van der Waals surface area contributed by atoms with Crippen LogP contribution in [0.15, 0.2) is 24.3 Å². The molecule has 126 valence electrons. The molecular formula is C16H23N3O4. The number of nitro groups is 1. The quantitative estimate of drug-likeness (QED) is 0.617. The minimum absolute atomic E-state index is 0.00614. The lowest BCUT2D eigenvalue weighted by atomic mass is 9.94. The predicted octanol–water partition coefficient (Wildman–Crippen LogP) is 2.02. The number of nitro benzene ring substituents is 1. The monoisotopic (exact) mass is 321 g/mol. The number of amides is 1. The number of carbonyl (C=O) groups excluding carboxylic acids is 1. The van der Waals surface area contributed by atoms with E-state index >= 15 is 0 Å². The number of aliphatic hydroxyl groups is 1. The smallest absolute Gasteiger partial charge is 0.292 e. The molecule has 0 bridgehead atoms. The Morgan fingerprint density at radius 3 is 2.87 bits per heavy atom. The lowest BCUT2D eigenvalue weighted by Gasteiger charge is -2.37. The van der Waals surface area contributed by atoms with E-state index in [1.807, 2.05) is 11.8 Å². The Kier molecular flexibility index (Phi) is 5.92. The van der Waals surface area contributed by atoms with Gasteiger partial charge in [0.05, 0.1) is 4.92 Å². The van der Waals surface area contributed by atoms with Gasteiger partial charge in [-0.2, -0.15) is 0 Å². The molecule has 2 rings (SSSR count). The van der Waals surface area contributed by atoms with E-state index in [0.29, 0.717) is 18.8 Å². The first-order chi connectivity index (χ1) is 11.0. The van der Waals surface area contributed by atoms with Crippen LogP contribution in [0.2, 0.25) is 0 Å². The molecule has 1 aliphatic rings. The highest BCUT2D eigenvalue weighted by atomic mass is 16.6. The molecule has 0 radical (unpaired) electrons. The summed E-state index contributed by atoms with van der Waals surface area (Å²) in [4.78, 5) is 24.7. The Labute approximate surface area is 135 Å². The maximum absolute atomic E-state index is 12.3. The van der Waals surface area contributed by atoms with Crippen molar-refractivity contribution in [2.75, 3.05) is 25.0 Å². The van der Waals surface area contributed by atoms with Crippen molar-refractivity contribution in [1.29, 1.82) is 0 Å². The van der Waals surface area contributed by atoms with Crippen LogP contribution in [0.3, 0.4) is 0 Å². The molecule has 2 unspecified atom stereocenters. The SMILES string of the molecule is CC1CCC(CO)CN1C(=O)CCNc1ccccc1[N+](=O)[O-]. The van der Waals surface area contributed by atoms with Gasteiger partial charge < -0.3 is 15.3 Å². The van der Waals surface area contributed by atoms with Gasteiger partial charge >= 0.3 is 0 Å². The second kappa shape index (κ2) is 7.92. The molecule has 1 aromatic carbocycles. The highest BCUT2D eigenvalue weighted by Gasteiger charge is 2.28. The Morgan fingerprint density at radius 2 is 2.17 bits per heavy atom. The summed E-state index contributed by atoms with van der Waals surface area (Å²) in [5, 5.41) is 23.2. The van der Waals surface area contributed by atoms with Gasteiger partial charge in [0.2, 0.25) is 5.91 Å². The molecule has 1 aliphatic heterocycles. The molecule has 1 fully saturated rings. The maximum Gasteiger partial charge on any atom is 0.292 e. The number of hydrogen-bond donors (Lipinski definition) is 2. The van der Waals surface area contributed by atoms with Crippen molar-refractivity contribution in [3.63, 3.8) is 0 Å². The summed E-state index contributed by atoms with van der Waals surface area (Å²) in [7, 11) is 0.